The van der Waals surface area contributed by atoms with Crippen LogP contribution < -0.4 is 5.73 Å². The zero-order valence-electron chi connectivity index (χ0n) is 10.4. The molecule has 0 aromatic heterocycles. The number of carbonyl (C=O) groups is 2. The first-order valence-electron chi connectivity index (χ1n) is 6.43. The normalized spacial score (nSPS) is 23.2. The molecule has 1 saturated carbocycles. The highest BCUT2D eigenvalue weighted by molar-refractivity contribution is 5.92. The molecule has 1 aliphatic carbocycles. The molecule has 2 aliphatic rings. The Morgan fingerprint density at radius 1 is 1.24 bits per heavy atom. The number of nitrogens with zero attached hydrogens (tertiary/aromatic N) is 2. The number of amides is 2. The zero-order chi connectivity index (χ0) is 12.4. The van der Waals surface area contributed by atoms with E-state index in [1.165, 1.54) is 12.8 Å². The smallest absolute Gasteiger partial charge is 0.242 e. The predicted molar refractivity (Wildman–Crippen MR) is 64.2 cm³/mol. The molecule has 0 bridgehead atoms. The Hall–Kier alpha value is -1.10. The number of hydrogen-bond acceptors (Lipinski definition) is 3. The fourth-order valence-electron chi connectivity index (χ4n) is 2.27. The molecule has 2 N–H and O–H groups in total. The van der Waals surface area contributed by atoms with Crippen LogP contribution in [0, 0.1) is 5.92 Å². The van der Waals surface area contributed by atoms with Gasteiger partial charge in [0, 0.05) is 19.1 Å². The summed E-state index contributed by atoms with van der Waals surface area (Å²) < 4.78 is 0. The summed E-state index contributed by atoms with van der Waals surface area (Å²) in [5.41, 5.74) is 5.99. The Bertz CT molecular complexity index is 315. The largest absolute Gasteiger partial charge is 0.332 e. The van der Waals surface area contributed by atoms with Crippen molar-refractivity contribution >= 4 is 11.8 Å². The van der Waals surface area contributed by atoms with Crippen molar-refractivity contribution in [3.63, 3.8) is 0 Å². The maximum Gasteiger partial charge on any atom is 0.242 e. The van der Waals surface area contributed by atoms with Crippen LogP contribution >= 0.6 is 0 Å². The van der Waals surface area contributed by atoms with Crippen molar-refractivity contribution in [3.8, 4) is 0 Å². The van der Waals surface area contributed by atoms with E-state index >= 15 is 0 Å². The summed E-state index contributed by atoms with van der Waals surface area (Å²) in [6.45, 7) is 3.65. The van der Waals surface area contributed by atoms with Crippen molar-refractivity contribution in [2.24, 2.45) is 11.7 Å². The van der Waals surface area contributed by atoms with Crippen molar-refractivity contribution in [1.82, 2.24) is 9.80 Å². The summed E-state index contributed by atoms with van der Waals surface area (Å²) in [6.07, 6.45) is 3.22. The third kappa shape index (κ3) is 2.97. The summed E-state index contributed by atoms with van der Waals surface area (Å²) >= 11 is 0. The molecule has 5 nitrogen and oxygen atoms in total. The third-order valence-electron chi connectivity index (χ3n) is 3.51. The Labute approximate surface area is 102 Å². The molecule has 1 saturated heterocycles. The van der Waals surface area contributed by atoms with Crippen LogP contribution in [0.4, 0.5) is 0 Å². The highest BCUT2D eigenvalue weighted by Crippen LogP contribution is 2.31. The monoisotopic (exact) mass is 239 g/mol. The van der Waals surface area contributed by atoms with E-state index in [0.717, 1.165) is 6.42 Å². The van der Waals surface area contributed by atoms with Crippen LogP contribution in [0.25, 0.3) is 0 Å². The summed E-state index contributed by atoms with van der Waals surface area (Å²) in [5.74, 6) is 0.648. The van der Waals surface area contributed by atoms with E-state index in [1.807, 2.05) is 6.92 Å². The molecule has 2 amide bonds. The second-order valence-corrected chi connectivity index (χ2v) is 5.09. The Morgan fingerprint density at radius 3 is 2.41 bits per heavy atom. The molecule has 1 aliphatic heterocycles. The Morgan fingerprint density at radius 2 is 1.82 bits per heavy atom. The molecule has 0 aromatic rings. The molecule has 0 spiro atoms. The molecule has 96 valence electrons. The summed E-state index contributed by atoms with van der Waals surface area (Å²) in [7, 11) is 0. The Kier molecular flexibility index (Phi) is 3.66. The minimum absolute atomic E-state index is 0.0363. The first-order chi connectivity index (χ1) is 8.11. The van der Waals surface area contributed by atoms with Crippen molar-refractivity contribution in [1.29, 1.82) is 0 Å². The minimum atomic E-state index is 0.0363. The van der Waals surface area contributed by atoms with E-state index in [2.05, 4.69) is 0 Å². The maximum atomic E-state index is 11.9. The van der Waals surface area contributed by atoms with E-state index in [0.29, 0.717) is 19.0 Å². The van der Waals surface area contributed by atoms with E-state index in [4.69, 9.17) is 5.73 Å². The van der Waals surface area contributed by atoms with Gasteiger partial charge < -0.3 is 15.5 Å². The number of rotatable bonds is 5. The van der Waals surface area contributed by atoms with Gasteiger partial charge >= 0.3 is 0 Å². The van der Waals surface area contributed by atoms with Crippen LogP contribution in [0.3, 0.4) is 0 Å². The van der Waals surface area contributed by atoms with Crippen LogP contribution in [0.15, 0.2) is 0 Å². The lowest BCUT2D eigenvalue weighted by molar-refractivity contribution is -0.150. The van der Waals surface area contributed by atoms with Gasteiger partial charge in [0.1, 0.15) is 0 Å². The molecule has 0 aromatic carbocycles. The number of piperazine rings is 1. The second-order valence-electron chi connectivity index (χ2n) is 5.09. The minimum Gasteiger partial charge on any atom is -0.332 e. The van der Waals surface area contributed by atoms with Crippen LogP contribution in [0.5, 0.6) is 0 Å². The van der Waals surface area contributed by atoms with Gasteiger partial charge in [0.25, 0.3) is 0 Å². The van der Waals surface area contributed by atoms with Gasteiger partial charge in [-0.1, -0.05) is 6.92 Å². The molecular weight excluding hydrogens is 218 g/mol. The van der Waals surface area contributed by atoms with Gasteiger partial charge in [-0.25, -0.2) is 0 Å². The van der Waals surface area contributed by atoms with Crippen molar-refractivity contribution < 1.29 is 9.59 Å². The summed E-state index contributed by atoms with van der Waals surface area (Å²) in [6, 6.07) is 0.0458. The van der Waals surface area contributed by atoms with Crippen LogP contribution in [-0.2, 0) is 9.59 Å². The van der Waals surface area contributed by atoms with Crippen LogP contribution in [0.1, 0.15) is 26.2 Å². The highest BCUT2D eigenvalue weighted by Gasteiger charge is 2.34. The molecule has 17 heavy (non-hydrogen) atoms. The highest BCUT2D eigenvalue weighted by atomic mass is 16.2. The zero-order valence-corrected chi connectivity index (χ0v) is 10.4. The molecule has 5 heteroatoms. The van der Waals surface area contributed by atoms with Gasteiger partial charge in [0.15, 0.2) is 0 Å². The van der Waals surface area contributed by atoms with Gasteiger partial charge in [-0.3, -0.25) is 9.59 Å². The van der Waals surface area contributed by atoms with Gasteiger partial charge in [-0.15, -0.1) is 0 Å². The molecule has 0 radical (unpaired) electrons. The second kappa shape index (κ2) is 5.04. The van der Waals surface area contributed by atoms with Crippen molar-refractivity contribution in [2.75, 3.05) is 26.2 Å². The fourth-order valence-corrected chi connectivity index (χ4v) is 2.27. The summed E-state index contributed by atoms with van der Waals surface area (Å²) in [5, 5.41) is 0. The van der Waals surface area contributed by atoms with Crippen LogP contribution in [-0.4, -0.2) is 53.8 Å². The fraction of sp³-hybridized carbons (Fsp3) is 0.833. The quantitative estimate of drug-likeness (QED) is 0.723. The van der Waals surface area contributed by atoms with Gasteiger partial charge in [-0.05, 0) is 25.2 Å². The SMILES string of the molecule is CCCN1CC(=O)N(CC(N)C2CC2)CC1=O. The van der Waals surface area contributed by atoms with Crippen LogP contribution in [0.2, 0.25) is 0 Å². The van der Waals surface area contributed by atoms with E-state index in [9.17, 15) is 9.59 Å². The van der Waals surface area contributed by atoms with Crippen molar-refractivity contribution in [2.45, 2.75) is 32.2 Å². The van der Waals surface area contributed by atoms with E-state index in [1.54, 1.807) is 9.80 Å². The average Bonchev–Trinajstić information content (AvgIpc) is 3.09. The molecule has 2 rings (SSSR count). The molecule has 2 fully saturated rings. The third-order valence-corrected chi connectivity index (χ3v) is 3.51. The molecule has 1 atom stereocenters. The Balaban J connectivity index is 1.87. The maximum absolute atomic E-state index is 11.9. The average molecular weight is 239 g/mol. The standard InChI is InChI=1S/C12H21N3O2/c1-2-5-14-7-12(17)15(8-11(14)16)6-10(13)9-3-4-9/h9-10H,2-8,13H2,1H3. The molecular formula is C12H21N3O2. The molecule has 1 heterocycles. The topological polar surface area (TPSA) is 66.6 Å². The van der Waals surface area contributed by atoms with E-state index in [-0.39, 0.29) is 30.9 Å². The first-order valence-corrected chi connectivity index (χ1v) is 6.43. The van der Waals surface area contributed by atoms with Crippen molar-refractivity contribution in [3.05, 3.63) is 0 Å². The number of nitrogens with two attached hydrogens (primary N) is 1. The number of carbonyl (C=O) groups excluding carboxylic acids is 2. The lowest BCUT2D eigenvalue weighted by Crippen LogP contribution is -2.56. The number of hydrogen-bond donors (Lipinski definition) is 1. The summed E-state index contributed by atoms with van der Waals surface area (Å²) in [4.78, 5) is 26.9. The predicted octanol–water partition coefficient (Wildman–Crippen LogP) is -0.195. The molecule has 1 unspecified atom stereocenters. The van der Waals surface area contributed by atoms with E-state index < -0.39 is 0 Å². The lowest BCUT2D eigenvalue weighted by atomic mass is 10.1. The van der Waals surface area contributed by atoms with Gasteiger partial charge in [0.05, 0.1) is 13.1 Å². The lowest BCUT2D eigenvalue weighted by Gasteiger charge is -2.35. The first kappa shape index (κ1) is 12.4. The van der Waals surface area contributed by atoms with Gasteiger partial charge in [-0.2, -0.15) is 0 Å². The van der Waals surface area contributed by atoms with Gasteiger partial charge in [0.2, 0.25) is 11.8 Å².